The molecule has 2 amide bonds. The molecule has 0 unspecified atom stereocenters. The first-order valence-electron chi connectivity index (χ1n) is 5.54. The Morgan fingerprint density at radius 1 is 1.44 bits per heavy atom. The molecule has 0 heterocycles. The molecule has 1 rings (SSSR count). The molecule has 0 fully saturated rings. The summed E-state index contributed by atoms with van der Waals surface area (Å²) in [5.74, 6) is 0.329. The highest BCUT2D eigenvalue weighted by Gasteiger charge is 2.14. The number of amidine groups is 1. The van der Waals surface area contributed by atoms with Gasteiger partial charge in [0, 0.05) is 11.6 Å². The van der Waals surface area contributed by atoms with Gasteiger partial charge in [0.1, 0.15) is 11.6 Å². The zero-order valence-corrected chi connectivity index (χ0v) is 10.7. The minimum atomic E-state index is -0.364. The quantitative estimate of drug-likeness (QED) is 0.481. The third kappa shape index (κ3) is 3.38. The van der Waals surface area contributed by atoms with Crippen molar-refractivity contribution >= 4 is 17.6 Å². The molecule has 98 valence electrons. The van der Waals surface area contributed by atoms with E-state index < -0.39 is 0 Å². The Balaban J connectivity index is 3.05. The van der Waals surface area contributed by atoms with Gasteiger partial charge in [0.25, 0.3) is 0 Å². The van der Waals surface area contributed by atoms with E-state index in [1.54, 1.807) is 18.2 Å². The number of amides is 2. The zero-order chi connectivity index (χ0) is 13.7. The molecule has 0 saturated carbocycles. The number of benzene rings is 1. The lowest BCUT2D eigenvalue weighted by atomic mass is 10.1. The number of rotatable bonds is 4. The normalized spacial score (nSPS) is 10.0. The number of methoxy groups -OCH3 is 1. The van der Waals surface area contributed by atoms with Crippen LogP contribution in [0.3, 0.4) is 0 Å². The minimum Gasteiger partial charge on any atom is -0.495 e. The van der Waals surface area contributed by atoms with Gasteiger partial charge in [-0.1, -0.05) is 6.07 Å². The number of anilines is 1. The van der Waals surface area contributed by atoms with Crippen LogP contribution in [0.15, 0.2) is 18.2 Å². The predicted octanol–water partition coefficient (Wildman–Crippen LogP) is 1.51. The molecule has 6 heteroatoms. The fraction of sp³-hybridized carbons (Fsp3) is 0.333. The largest absolute Gasteiger partial charge is 0.495 e. The van der Waals surface area contributed by atoms with Crippen LogP contribution in [0.1, 0.15) is 19.4 Å². The second-order valence-corrected chi connectivity index (χ2v) is 4.05. The molecule has 18 heavy (non-hydrogen) atoms. The topological polar surface area (TPSA) is 100 Å². The van der Waals surface area contributed by atoms with Crippen molar-refractivity contribution in [2.75, 3.05) is 12.4 Å². The van der Waals surface area contributed by atoms with Crippen LogP contribution in [-0.4, -0.2) is 25.0 Å². The molecule has 0 bridgehead atoms. The average molecular weight is 250 g/mol. The number of carbonyl (C=O) groups is 1. The number of nitrogen functional groups attached to an aromatic ring is 1. The Hall–Kier alpha value is -2.24. The van der Waals surface area contributed by atoms with Crippen molar-refractivity contribution in [1.29, 1.82) is 5.41 Å². The van der Waals surface area contributed by atoms with Crippen LogP contribution in [0.2, 0.25) is 0 Å². The lowest BCUT2D eigenvalue weighted by Crippen LogP contribution is -2.34. The number of nitrogens with one attached hydrogen (secondary N) is 3. The molecule has 0 aliphatic rings. The monoisotopic (exact) mass is 250 g/mol. The molecule has 6 nitrogen and oxygen atoms in total. The first-order valence-corrected chi connectivity index (χ1v) is 5.54. The fourth-order valence-electron chi connectivity index (χ4n) is 1.47. The van der Waals surface area contributed by atoms with Crippen molar-refractivity contribution < 1.29 is 9.53 Å². The van der Waals surface area contributed by atoms with Crippen LogP contribution in [0.5, 0.6) is 5.75 Å². The highest BCUT2D eigenvalue weighted by molar-refractivity contribution is 6.05. The summed E-state index contributed by atoms with van der Waals surface area (Å²) in [6, 6.07) is 4.70. The van der Waals surface area contributed by atoms with Gasteiger partial charge in [0.05, 0.1) is 12.8 Å². The number of carbonyl (C=O) groups excluding carboxylic acids is 1. The zero-order valence-electron chi connectivity index (χ0n) is 10.7. The van der Waals surface area contributed by atoms with Crippen molar-refractivity contribution in [2.45, 2.75) is 19.9 Å². The van der Waals surface area contributed by atoms with Crippen molar-refractivity contribution in [3.8, 4) is 5.75 Å². The maximum Gasteiger partial charge on any atom is 0.319 e. The Labute approximate surface area is 106 Å². The van der Waals surface area contributed by atoms with Gasteiger partial charge in [-0.05, 0) is 26.0 Å². The molecule has 0 saturated heterocycles. The number of ether oxygens (including phenoxy) is 1. The second kappa shape index (κ2) is 5.90. The van der Waals surface area contributed by atoms with Gasteiger partial charge >= 0.3 is 6.03 Å². The van der Waals surface area contributed by atoms with Crippen molar-refractivity contribution in [3.05, 3.63) is 23.8 Å². The van der Waals surface area contributed by atoms with Crippen LogP contribution in [-0.2, 0) is 0 Å². The SMILES string of the molecule is COc1cccc(C(=N)N)c1NC(=O)NC(C)C. The molecule has 0 aliphatic heterocycles. The molecule has 0 atom stereocenters. The van der Waals surface area contributed by atoms with Crippen molar-refractivity contribution in [1.82, 2.24) is 5.32 Å². The van der Waals surface area contributed by atoms with Gasteiger partial charge in [-0.25, -0.2) is 4.79 Å². The van der Waals surface area contributed by atoms with Crippen LogP contribution in [0.25, 0.3) is 0 Å². The van der Waals surface area contributed by atoms with Crippen molar-refractivity contribution in [2.24, 2.45) is 5.73 Å². The lowest BCUT2D eigenvalue weighted by Gasteiger charge is -2.15. The number of urea groups is 1. The maximum atomic E-state index is 11.7. The van der Waals surface area contributed by atoms with E-state index in [1.165, 1.54) is 7.11 Å². The molecule has 0 radical (unpaired) electrons. The predicted molar refractivity (Wildman–Crippen MR) is 71.3 cm³/mol. The van der Waals surface area contributed by atoms with Gasteiger partial charge in [0.2, 0.25) is 0 Å². The molecular formula is C12H18N4O2. The highest BCUT2D eigenvalue weighted by atomic mass is 16.5. The number of hydrogen-bond acceptors (Lipinski definition) is 3. The summed E-state index contributed by atoms with van der Waals surface area (Å²) in [5.41, 5.74) is 6.29. The molecule has 5 N–H and O–H groups in total. The number of nitrogens with two attached hydrogens (primary N) is 1. The Morgan fingerprint density at radius 3 is 2.61 bits per heavy atom. The van der Waals surface area contributed by atoms with Gasteiger partial charge in [-0.2, -0.15) is 0 Å². The van der Waals surface area contributed by atoms with E-state index in [0.29, 0.717) is 17.0 Å². The Kier molecular flexibility index (Phi) is 4.53. The molecule has 0 aromatic heterocycles. The summed E-state index contributed by atoms with van der Waals surface area (Å²) < 4.78 is 5.15. The van der Waals surface area contributed by atoms with Crippen LogP contribution < -0.4 is 21.1 Å². The van der Waals surface area contributed by atoms with E-state index in [4.69, 9.17) is 15.9 Å². The third-order valence-corrected chi connectivity index (χ3v) is 2.19. The van der Waals surface area contributed by atoms with Gasteiger partial charge in [-0.3, -0.25) is 5.41 Å². The first kappa shape index (κ1) is 13.8. The lowest BCUT2D eigenvalue weighted by molar-refractivity contribution is 0.250. The molecule has 1 aromatic carbocycles. The van der Waals surface area contributed by atoms with E-state index >= 15 is 0 Å². The summed E-state index contributed by atoms with van der Waals surface area (Å²) >= 11 is 0. The Morgan fingerprint density at radius 2 is 2.11 bits per heavy atom. The molecule has 1 aromatic rings. The second-order valence-electron chi connectivity index (χ2n) is 4.05. The van der Waals surface area contributed by atoms with Gasteiger partial charge < -0.3 is 21.1 Å². The summed E-state index contributed by atoms with van der Waals surface area (Å²) in [4.78, 5) is 11.7. The highest BCUT2D eigenvalue weighted by Crippen LogP contribution is 2.27. The summed E-state index contributed by atoms with van der Waals surface area (Å²) in [5, 5.41) is 12.8. The van der Waals surface area contributed by atoms with Gasteiger partial charge in [-0.15, -0.1) is 0 Å². The standard InChI is InChI=1S/C12H18N4O2/c1-7(2)15-12(17)16-10-8(11(13)14)5-4-6-9(10)18-3/h4-7H,1-3H3,(H3,13,14)(H2,15,16,17). The van der Waals surface area contributed by atoms with E-state index in [1.807, 2.05) is 13.8 Å². The Bertz CT molecular complexity index is 457. The molecule has 0 spiro atoms. The number of hydrogen-bond donors (Lipinski definition) is 4. The van der Waals surface area contributed by atoms with Crippen LogP contribution in [0, 0.1) is 5.41 Å². The van der Waals surface area contributed by atoms with E-state index in [0.717, 1.165) is 0 Å². The first-order chi connectivity index (χ1) is 8.45. The van der Waals surface area contributed by atoms with E-state index in [-0.39, 0.29) is 17.9 Å². The van der Waals surface area contributed by atoms with E-state index in [9.17, 15) is 4.79 Å². The van der Waals surface area contributed by atoms with Crippen LogP contribution in [0.4, 0.5) is 10.5 Å². The van der Waals surface area contributed by atoms with Crippen LogP contribution >= 0.6 is 0 Å². The summed E-state index contributed by atoms with van der Waals surface area (Å²) in [7, 11) is 1.49. The number of para-hydroxylation sites is 1. The third-order valence-electron chi connectivity index (χ3n) is 2.19. The van der Waals surface area contributed by atoms with Crippen molar-refractivity contribution in [3.63, 3.8) is 0 Å². The van der Waals surface area contributed by atoms with Gasteiger partial charge in [0.15, 0.2) is 0 Å². The fourth-order valence-corrected chi connectivity index (χ4v) is 1.47. The minimum absolute atomic E-state index is 0.0143. The van der Waals surface area contributed by atoms with E-state index in [2.05, 4.69) is 10.6 Å². The smallest absolute Gasteiger partial charge is 0.319 e. The average Bonchev–Trinajstić information content (AvgIpc) is 2.27. The molecule has 0 aliphatic carbocycles. The molecular weight excluding hydrogens is 232 g/mol. The summed E-state index contributed by atoms with van der Waals surface area (Å²) in [6.07, 6.45) is 0. The maximum absolute atomic E-state index is 11.7. The summed E-state index contributed by atoms with van der Waals surface area (Å²) in [6.45, 7) is 3.71.